The largest absolute Gasteiger partial charge is 0.469 e. The summed E-state index contributed by atoms with van der Waals surface area (Å²) in [5, 5.41) is -1.69. The fraction of sp³-hybridized carbons (Fsp3) is 0.778. The minimum Gasteiger partial charge on any atom is -0.469 e. The van der Waals surface area contributed by atoms with Crippen LogP contribution in [0.25, 0.3) is 0 Å². The summed E-state index contributed by atoms with van der Waals surface area (Å²) in [6.45, 7) is 1.84. The van der Waals surface area contributed by atoms with Gasteiger partial charge in [-0.25, -0.2) is 0 Å². The van der Waals surface area contributed by atoms with Crippen LogP contribution in [0.15, 0.2) is 0 Å². The lowest BCUT2D eigenvalue weighted by atomic mass is 10.3. The number of hydrogen-bond donors (Lipinski definition) is 0. The van der Waals surface area contributed by atoms with Gasteiger partial charge in [-0.3, -0.25) is 13.8 Å². The first-order chi connectivity index (χ1) is 7.88. The second kappa shape index (κ2) is 7.23. The number of ether oxygens (including phenoxy) is 2. The maximum absolute atomic E-state index is 11.5. The minimum absolute atomic E-state index is 0.0791. The van der Waals surface area contributed by atoms with Crippen molar-refractivity contribution in [2.45, 2.75) is 25.0 Å². The summed E-state index contributed by atoms with van der Waals surface area (Å²) in [7, 11) is -2.17. The lowest BCUT2D eigenvalue weighted by molar-refractivity contribution is -0.148. The van der Waals surface area contributed by atoms with E-state index in [1.165, 1.54) is 0 Å². The summed E-state index contributed by atoms with van der Waals surface area (Å²) in [6.07, 6.45) is -0.0844. The molecule has 7 nitrogen and oxygen atoms in total. The Morgan fingerprint density at radius 2 is 1.82 bits per heavy atom. The van der Waals surface area contributed by atoms with Gasteiger partial charge in [-0.1, -0.05) is 6.92 Å². The zero-order valence-electron chi connectivity index (χ0n) is 9.96. The van der Waals surface area contributed by atoms with Crippen LogP contribution in [0.4, 0.5) is 0 Å². The van der Waals surface area contributed by atoms with Crippen LogP contribution in [0.3, 0.4) is 0 Å². The average molecular weight is 268 g/mol. The molecular formula is C9H16O7S. The van der Waals surface area contributed by atoms with Crippen molar-refractivity contribution >= 4 is 22.1 Å². The molecule has 0 aliphatic carbocycles. The quantitative estimate of drug-likeness (QED) is 0.468. The van der Waals surface area contributed by atoms with Crippen molar-refractivity contribution in [3.05, 3.63) is 0 Å². The van der Waals surface area contributed by atoms with E-state index in [-0.39, 0.29) is 6.61 Å². The van der Waals surface area contributed by atoms with Crippen molar-refractivity contribution in [3.8, 4) is 0 Å². The molecule has 0 saturated carbocycles. The van der Waals surface area contributed by atoms with Crippen LogP contribution in [-0.4, -0.2) is 46.4 Å². The second-order valence-electron chi connectivity index (χ2n) is 3.10. The van der Waals surface area contributed by atoms with Gasteiger partial charge >= 0.3 is 11.9 Å². The van der Waals surface area contributed by atoms with E-state index >= 15 is 0 Å². The third kappa shape index (κ3) is 5.14. The maximum Gasteiger partial charge on any atom is 0.327 e. The maximum atomic E-state index is 11.5. The number of carbonyl (C=O) groups is 2. The van der Waals surface area contributed by atoms with E-state index in [9.17, 15) is 18.0 Å². The highest BCUT2D eigenvalue weighted by Gasteiger charge is 2.36. The standard InChI is InChI=1S/C9H16O7S/c1-4-5-16-9(11)7(6-8(10)14-2)17(12,13)15-3/h7H,4-6H2,1-3H3. The molecule has 0 fully saturated rings. The van der Waals surface area contributed by atoms with Gasteiger partial charge < -0.3 is 9.47 Å². The number of esters is 2. The Balaban J connectivity index is 4.86. The Bertz CT molecular complexity index is 360. The summed E-state index contributed by atoms with van der Waals surface area (Å²) in [4.78, 5) is 22.5. The third-order valence-corrected chi connectivity index (χ3v) is 3.39. The van der Waals surface area contributed by atoms with Gasteiger partial charge in [0, 0.05) is 0 Å². The molecule has 17 heavy (non-hydrogen) atoms. The molecule has 0 aliphatic rings. The first kappa shape index (κ1) is 15.9. The molecule has 0 rings (SSSR count). The molecule has 0 aromatic heterocycles. The van der Waals surface area contributed by atoms with E-state index in [0.717, 1.165) is 14.2 Å². The lowest BCUT2D eigenvalue weighted by Gasteiger charge is -2.13. The van der Waals surface area contributed by atoms with E-state index in [1.807, 2.05) is 0 Å². The molecule has 0 aliphatic heterocycles. The highest BCUT2D eigenvalue weighted by atomic mass is 32.2. The van der Waals surface area contributed by atoms with Crippen molar-refractivity contribution in [1.29, 1.82) is 0 Å². The van der Waals surface area contributed by atoms with Crippen molar-refractivity contribution in [3.63, 3.8) is 0 Å². The van der Waals surface area contributed by atoms with E-state index in [4.69, 9.17) is 0 Å². The van der Waals surface area contributed by atoms with Crippen molar-refractivity contribution < 1.29 is 31.7 Å². The molecule has 0 radical (unpaired) electrons. The fourth-order valence-electron chi connectivity index (χ4n) is 0.950. The molecule has 0 amide bonds. The Kier molecular flexibility index (Phi) is 6.74. The fourth-order valence-corrected chi connectivity index (χ4v) is 1.83. The molecule has 0 bridgehead atoms. The molecule has 0 aromatic rings. The average Bonchev–Trinajstić information content (AvgIpc) is 2.32. The molecule has 100 valence electrons. The van der Waals surface area contributed by atoms with Crippen LogP contribution in [-0.2, 0) is 33.4 Å². The highest BCUT2D eigenvalue weighted by Crippen LogP contribution is 2.11. The Labute approximate surface area is 100 Å². The van der Waals surface area contributed by atoms with E-state index in [0.29, 0.717) is 6.42 Å². The first-order valence-corrected chi connectivity index (χ1v) is 6.39. The van der Waals surface area contributed by atoms with Gasteiger partial charge in [0.05, 0.1) is 27.2 Å². The number of rotatable bonds is 7. The van der Waals surface area contributed by atoms with Gasteiger partial charge in [-0.05, 0) is 6.42 Å². The predicted octanol–water partition coefficient (Wildman–Crippen LogP) is -0.152. The Morgan fingerprint density at radius 1 is 1.24 bits per heavy atom. The topological polar surface area (TPSA) is 96.0 Å². The number of hydrogen-bond acceptors (Lipinski definition) is 7. The van der Waals surface area contributed by atoms with Crippen molar-refractivity contribution in [2.24, 2.45) is 0 Å². The van der Waals surface area contributed by atoms with Crippen LogP contribution in [0.2, 0.25) is 0 Å². The Hall–Kier alpha value is -1.15. The van der Waals surface area contributed by atoms with Crippen LogP contribution >= 0.6 is 0 Å². The monoisotopic (exact) mass is 268 g/mol. The van der Waals surface area contributed by atoms with E-state index < -0.39 is 33.7 Å². The molecule has 0 aromatic carbocycles. The van der Waals surface area contributed by atoms with Gasteiger partial charge in [-0.2, -0.15) is 8.42 Å². The predicted molar refractivity (Wildman–Crippen MR) is 57.6 cm³/mol. The zero-order chi connectivity index (χ0) is 13.5. The highest BCUT2D eigenvalue weighted by molar-refractivity contribution is 7.88. The molecule has 1 unspecified atom stereocenters. The summed E-state index contributed by atoms with van der Waals surface area (Å²) >= 11 is 0. The second-order valence-corrected chi connectivity index (χ2v) is 4.98. The molecule has 0 spiro atoms. The van der Waals surface area contributed by atoms with Gasteiger partial charge in [0.15, 0.2) is 5.25 Å². The molecular weight excluding hydrogens is 252 g/mol. The van der Waals surface area contributed by atoms with Crippen molar-refractivity contribution in [2.75, 3.05) is 20.8 Å². The van der Waals surface area contributed by atoms with Crippen molar-refractivity contribution in [1.82, 2.24) is 0 Å². The number of methoxy groups -OCH3 is 1. The molecule has 0 N–H and O–H groups in total. The SMILES string of the molecule is CCCOC(=O)C(CC(=O)OC)S(=O)(=O)OC. The summed E-state index contributed by atoms with van der Waals surface area (Å²) in [6, 6.07) is 0. The van der Waals surface area contributed by atoms with Gasteiger partial charge in [0.2, 0.25) is 0 Å². The zero-order valence-corrected chi connectivity index (χ0v) is 10.8. The van der Waals surface area contributed by atoms with Crippen LogP contribution in [0.5, 0.6) is 0 Å². The van der Waals surface area contributed by atoms with Crippen LogP contribution in [0, 0.1) is 0 Å². The summed E-state index contributed by atoms with van der Waals surface area (Å²) < 4.78 is 36.0. The smallest absolute Gasteiger partial charge is 0.327 e. The van der Waals surface area contributed by atoms with E-state index in [2.05, 4.69) is 13.7 Å². The molecule has 0 heterocycles. The molecule has 8 heteroatoms. The van der Waals surface area contributed by atoms with Crippen LogP contribution in [0.1, 0.15) is 19.8 Å². The normalized spacial score (nSPS) is 12.9. The lowest BCUT2D eigenvalue weighted by Crippen LogP contribution is -2.35. The van der Waals surface area contributed by atoms with Gasteiger partial charge in [0.25, 0.3) is 10.1 Å². The van der Waals surface area contributed by atoms with E-state index in [1.54, 1.807) is 6.92 Å². The van der Waals surface area contributed by atoms with Crippen LogP contribution < -0.4 is 0 Å². The Morgan fingerprint density at radius 3 is 2.24 bits per heavy atom. The third-order valence-electron chi connectivity index (χ3n) is 1.87. The summed E-state index contributed by atoms with van der Waals surface area (Å²) in [5.41, 5.74) is 0. The first-order valence-electron chi connectivity index (χ1n) is 4.91. The van der Waals surface area contributed by atoms with Gasteiger partial charge in [-0.15, -0.1) is 0 Å². The minimum atomic E-state index is -4.17. The van der Waals surface area contributed by atoms with Gasteiger partial charge in [0.1, 0.15) is 0 Å². The number of carbonyl (C=O) groups excluding carboxylic acids is 2. The molecule has 0 saturated heterocycles. The molecule has 1 atom stereocenters. The summed E-state index contributed by atoms with van der Waals surface area (Å²) in [5.74, 6) is -1.84.